The van der Waals surface area contributed by atoms with Gasteiger partial charge in [-0.2, -0.15) is 11.3 Å². The zero-order valence-electron chi connectivity index (χ0n) is 12.0. The maximum atomic E-state index is 12.1. The number of methoxy groups -OCH3 is 1. The van der Waals surface area contributed by atoms with Crippen molar-refractivity contribution >= 4 is 29.1 Å². The zero-order valence-corrected chi connectivity index (χ0v) is 13.7. The van der Waals surface area contributed by atoms with Crippen LogP contribution in [-0.2, 0) is 20.8 Å². The van der Waals surface area contributed by atoms with E-state index in [9.17, 15) is 4.79 Å². The number of tetrazole rings is 1. The lowest BCUT2D eigenvalue weighted by atomic mass is 10.2. The lowest BCUT2D eigenvalue weighted by molar-refractivity contribution is -0.140. The third-order valence-electron chi connectivity index (χ3n) is 3.38. The van der Waals surface area contributed by atoms with Crippen LogP contribution < -0.4 is 0 Å². The van der Waals surface area contributed by atoms with Crippen molar-refractivity contribution < 1.29 is 14.3 Å². The lowest BCUT2D eigenvalue weighted by Crippen LogP contribution is -2.18. The average molecular weight is 340 g/mol. The molecule has 2 aromatic heterocycles. The Labute approximate surface area is 136 Å². The molecular formula is C13H16N4O3S2. The fourth-order valence-electron chi connectivity index (χ4n) is 2.27. The quantitative estimate of drug-likeness (QED) is 0.587. The molecule has 3 heterocycles. The summed E-state index contributed by atoms with van der Waals surface area (Å²) in [7, 11) is 1.39. The van der Waals surface area contributed by atoms with Crippen molar-refractivity contribution in [3.8, 4) is 0 Å². The van der Waals surface area contributed by atoms with E-state index in [1.165, 1.54) is 30.2 Å². The highest BCUT2D eigenvalue weighted by Crippen LogP contribution is 2.36. The van der Waals surface area contributed by atoms with E-state index in [0.717, 1.165) is 25.0 Å². The molecule has 1 aliphatic rings. The monoisotopic (exact) mass is 340 g/mol. The number of carbonyl (C=O) groups is 1. The summed E-state index contributed by atoms with van der Waals surface area (Å²) in [5, 5.41) is 15.7. The van der Waals surface area contributed by atoms with Crippen LogP contribution in [0.15, 0.2) is 22.0 Å². The Kier molecular flexibility index (Phi) is 5.06. The van der Waals surface area contributed by atoms with E-state index >= 15 is 0 Å². The molecule has 9 heteroatoms. The van der Waals surface area contributed by atoms with E-state index in [1.54, 1.807) is 4.68 Å². The SMILES string of the molecule is COC(=O)[C@@H](Sc1nnnn1C[C@H]1CCCO1)c1ccsc1. The molecule has 0 saturated carbocycles. The molecule has 0 amide bonds. The predicted octanol–water partition coefficient (Wildman–Crippen LogP) is 1.92. The van der Waals surface area contributed by atoms with Crippen LogP contribution in [0.3, 0.4) is 0 Å². The molecule has 3 rings (SSSR count). The normalized spacial score (nSPS) is 19.2. The minimum atomic E-state index is -0.467. The van der Waals surface area contributed by atoms with Gasteiger partial charge in [0.2, 0.25) is 5.16 Å². The van der Waals surface area contributed by atoms with Gasteiger partial charge in [-0.15, -0.1) is 5.10 Å². The Morgan fingerprint density at radius 1 is 1.68 bits per heavy atom. The minimum Gasteiger partial charge on any atom is -0.468 e. The van der Waals surface area contributed by atoms with Gasteiger partial charge in [0.25, 0.3) is 0 Å². The van der Waals surface area contributed by atoms with Gasteiger partial charge in [-0.1, -0.05) is 11.8 Å². The Bertz CT molecular complexity index is 611. The van der Waals surface area contributed by atoms with Crippen LogP contribution in [0.2, 0.25) is 0 Å². The molecule has 1 saturated heterocycles. The maximum Gasteiger partial charge on any atom is 0.323 e. The zero-order chi connectivity index (χ0) is 15.4. The third kappa shape index (κ3) is 3.47. The fourth-order valence-corrected chi connectivity index (χ4v) is 4.04. The number of nitrogens with zero attached hydrogens (tertiary/aromatic N) is 4. The molecule has 0 spiro atoms. The van der Waals surface area contributed by atoms with Gasteiger partial charge in [0.1, 0.15) is 5.25 Å². The van der Waals surface area contributed by atoms with Crippen molar-refractivity contribution in [2.45, 2.75) is 35.9 Å². The van der Waals surface area contributed by atoms with Crippen LogP contribution in [0, 0.1) is 0 Å². The molecule has 0 bridgehead atoms. The first-order valence-corrected chi connectivity index (χ1v) is 8.74. The molecule has 1 fully saturated rings. The van der Waals surface area contributed by atoms with Crippen LogP contribution in [0.5, 0.6) is 0 Å². The van der Waals surface area contributed by atoms with Crippen LogP contribution in [0.1, 0.15) is 23.7 Å². The Hall–Kier alpha value is -1.45. The van der Waals surface area contributed by atoms with Crippen molar-refractivity contribution in [2.75, 3.05) is 13.7 Å². The molecule has 7 nitrogen and oxygen atoms in total. The highest BCUT2D eigenvalue weighted by atomic mass is 32.2. The largest absolute Gasteiger partial charge is 0.468 e. The first-order valence-electron chi connectivity index (χ1n) is 6.92. The highest BCUT2D eigenvalue weighted by molar-refractivity contribution is 8.00. The smallest absolute Gasteiger partial charge is 0.323 e. The number of hydrogen-bond donors (Lipinski definition) is 0. The van der Waals surface area contributed by atoms with E-state index in [1.807, 2.05) is 16.8 Å². The second-order valence-corrected chi connectivity index (χ2v) is 6.71. The molecule has 0 aromatic carbocycles. The first kappa shape index (κ1) is 15.4. The number of rotatable bonds is 6. The standard InChI is InChI=1S/C13H16N4O3S2/c1-19-12(18)11(9-4-6-21-8-9)22-13-14-15-16-17(13)7-10-3-2-5-20-10/h4,6,8,10-11H,2-3,5,7H2,1H3/t10-,11+/m1/s1. The van der Waals surface area contributed by atoms with Gasteiger partial charge in [0, 0.05) is 6.61 Å². The average Bonchev–Trinajstić information content (AvgIpc) is 3.27. The number of thioether (sulfide) groups is 1. The van der Waals surface area contributed by atoms with Gasteiger partial charge in [0.05, 0.1) is 19.8 Å². The highest BCUT2D eigenvalue weighted by Gasteiger charge is 2.27. The van der Waals surface area contributed by atoms with Crippen molar-refractivity contribution in [3.05, 3.63) is 22.4 Å². The first-order chi connectivity index (χ1) is 10.8. The number of thiophene rings is 1. The Morgan fingerprint density at radius 2 is 2.59 bits per heavy atom. The summed E-state index contributed by atoms with van der Waals surface area (Å²) in [4.78, 5) is 12.1. The maximum absolute atomic E-state index is 12.1. The summed E-state index contributed by atoms with van der Waals surface area (Å²) >= 11 is 2.84. The molecule has 118 valence electrons. The lowest BCUT2D eigenvalue weighted by Gasteiger charge is -2.14. The van der Waals surface area contributed by atoms with E-state index in [0.29, 0.717) is 11.7 Å². The van der Waals surface area contributed by atoms with Gasteiger partial charge in [0.15, 0.2) is 0 Å². The van der Waals surface area contributed by atoms with Crippen LogP contribution in [-0.4, -0.2) is 46.0 Å². The van der Waals surface area contributed by atoms with Crippen molar-refractivity contribution in [3.63, 3.8) is 0 Å². The molecule has 0 unspecified atom stereocenters. The summed E-state index contributed by atoms with van der Waals surface area (Å²) in [5.74, 6) is -0.310. The van der Waals surface area contributed by atoms with Gasteiger partial charge < -0.3 is 9.47 Å². The van der Waals surface area contributed by atoms with Crippen molar-refractivity contribution in [1.29, 1.82) is 0 Å². The molecule has 0 aliphatic carbocycles. The van der Waals surface area contributed by atoms with Gasteiger partial charge in [-0.25, -0.2) is 4.68 Å². The van der Waals surface area contributed by atoms with E-state index in [4.69, 9.17) is 9.47 Å². The van der Waals surface area contributed by atoms with E-state index < -0.39 is 5.25 Å². The topological polar surface area (TPSA) is 79.1 Å². The van der Waals surface area contributed by atoms with Crippen LogP contribution >= 0.6 is 23.1 Å². The van der Waals surface area contributed by atoms with E-state index in [2.05, 4.69) is 15.5 Å². The molecule has 0 N–H and O–H groups in total. The molecule has 1 aliphatic heterocycles. The number of hydrogen-bond acceptors (Lipinski definition) is 8. The molecule has 22 heavy (non-hydrogen) atoms. The molecule has 2 atom stereocenters. The Morgan fingerprint density at radius 3 is 3.27 bits per heavy atom. The second kappa shape index (κ2) is 7.21. The molecular weight excluding hydrogens is 324 g/mol. The number of aromatic nitrogens is 4. The van der Waals surface area contributed by atoms with Crippen molar-refractivity contribution in [1.82, 2.24) is 20.2 Å². The Balaban J connectivity index is 1.75. The third-order valence-corrected chi connectivity index (χ3v) is 5.29. The molecule has 2 aromatic rings. The summed E-state index contributed by atoms with van der Waals surface area (Å²) in [6.45, 7) is 1.39. The predicted molar refractivity (Wildman–Crippen MR) is 81.7 cm³/mol. The van der Waals surface area contributed by atoms with Gasteiger partial charge in [-0.3, -0.25) is 4.79 Å². The van der Waals surface area contributed by atoms with Crippen LogP contribution in [0.25, 0.3) is 0 Å². The van der Waals surface area contributed by atoms with Crippen molar-refractivity contribution in [2.24, 2.45) is 0 Å². The number of ether oxygens (including phenoxy) is 2. The second-order valence-electron chi connectivity index (χ2n) is 4.86. The summed E-state index contributed by atoms with van der Waals surface area (Å²) < 4.78 is 12.2. The number of esters is 1. The summed E-state index contributed by atoms with van der Waals surface area (Å²) in [5.41, 5.74) is 0.897. The van der Waals surface area contributed by atoms with Crippen LogP contribution in [0.4, 0.5) is 0 Å². The van der Waals surface area contributed by atoms with Gasteiger partial charge in [-0.05, 0) is 45.7 Å². The van der Waals surface area contributed by atoms with Gasteiger partial charge >= 0.3 is 5.97 Å². The van der Waals surface area contributed by atoms with E-state index in [-0.39, 0.29) is 12.1 Å². The summed E-state index contributed by atoms with van der Waals surface area (Å²) in [6, 6.07) is 1.91. The molecule has 0 radical (unpaired) electrons. The number of carbonyl (C=O) groups excluding carboxylic acids is 1. The fraction of sp³-hybridized carbons (Fsp3) is 0.538. The summed E-state index contributed by atoms with van der Waals surface area (Å²) in [6.07, 6.45) is 2.21. The minimum absolute atomic E-state index is 0.139.